The van der Waals surface area contributed by atoms with Gasteiger partial charge < -0.3 is 4.74 Å². The Morgan fingerprint density at radius 2 is 1.80 bits per heavy atom. The second kappa shape index (κ2) is 7.72. The fourth-order valence-electron chi connectivity index (χ4n) is 1.39. The van der Waals surface area contributed by atoms with Gasteiger partial charge in [0.05, 0.1) is 6.61 Å². The number of rotatable bonds is 7. The summed E-state index contributed by atoms with van der Waals surface area (Å²) in [6.07, 6.45) is 6.05. The lowest BCUT2D eigenvalue weighted by molar-refractivity contribution is -0.143. The van der Waals surface area contributed by atoms with Crippen LogP contribution >= 0.6 is 0 Å². The smallest absolute Gasteiger partial charge is 0.305 e. The summed E-state index contributed by atoms with van der Waals surface area (Å²) >= 11 is 0. The average Bonchev–Trinajstić information content (AvgIpc) is 2.12. The highest BCUT2D eigenvalue weighted by Gasteiger charge is 2.09. The zero-order chi connectivity index (χ0) is 11.7. The molecule has 0 aromatic rings. The van der Waals surface area contributed by atoms with Gasteiger partial charge in [-0.25, -0.2) is 0 Å². The van der Waals surface area contributed by atoms with Gasteiger partial charge in [-0.1, -0.05) is 40.5 Å². The van der Waals surface area contributed by atoms with Crippen molar-refractivity contribution in [2.75, 3.05) is 6.61 Å². The van der Waals surface area contributed by atoms with Gasteiger partial charge in [-0.05, 0) is 24.7 Å². The molecule has 2 nitrogen and oxygen atoms in total. The predicted molar refractivity (Wildman–Crippen MR) is 63.8 cm³/mol. The Balaban J connectivity index is 3.27. The molecule has 15 heavy (non-hydrogen) atoms. The van der Waals surface area contributed by atoms with Crippen molar-refractivity contribution in [3.63, 3.8) is 0 Å². The monoisotopic (exact) mass is 214 g/mol. The van der Waals surface area contributed by atoms with Gasteiger partial charge in [-0.2, -0.15) is 0 Å². The summed E-state index contributed by atoms with van der Waals surface area (Å²) in [4.78, 5) is 11.1. The van der Waals surface area contributed by atoms with Gasteiger partial charge in [0, 0.05) is 6.42 Å². The van der Waals surface area contributed by atoms with Crippen LogP contribution in [0.4, 0.5) is 0 Å². The second-order valence-electron chi connectivity index (χ2n) is 5.34. The molecule has 0 spiro atoms. The van der Waals surface area contributed by atoms with E-state index in [1.165, 1.54) is 12.8 Å². The second-order valence-corrected chi connectivity index (χ2v) is 5.34. The molecule has 0 saturated carbocycles. The van der Waals surface area contributed by atoms with Crippen molar-refractivity contribution in [1.82, 2.24) is 0 Å². The van der Waals surface area contributed by atoms with E-state index in [4.69, 9.17) is 4.74 Å². The molecule has 0 heterocycles. The third kappa shape index (κ3) is 11.4. The maximum atomic E-state index is 11.1. The van der Waals surface area contributed by atoms with Crippen molar-refractivity contribution in [3.8, 4) is 0 Å². The average molecular weight is 214 g/mol. The highest BCUT2D eigenvalue weighted by atomic mass is 16.5. The van der Waals surface area contributed by atoms with Crippen LogP contribution < -0.4 is 0 Å². The molecule has 2 heteroatoms. The highest BCUT2D eigenvalue weighted by Crippen LogP contribution is 2.22. The van der Waals surface area contributed by atoms with E-state index in [9.17, 15) is 4.79 Å². The third-order valence-electron chi connectivity index (χ3n) is 2.27. The standard InChI is InChI=1S/C13H26O2/c1-5-11-15-12(14)9-7-6-8-10-13(2,3)4/h5-11H2,1-4H3. The lowest BCUT2D eigenvalue weighted by Gasteiger charge is -2.17. The van der Waals surface area contributed by atoms with Crippen molar-refractivity contribution in [3.05, 3.63) is 0 Å². The number of carbonyl (C=O) groups is 1. The fourth-order valence-corrected chi connectivity index (χ4v) is 1.39. The lowest BCUT2D eigenvalue weighted by Crippen LogP contribution is -2.06. The van der Waals surface area contributed by atoms with Crippen LogP contribution in [-0.2, 0) is 9.53 Å². The van der Waals surface area contributed by atoms with Gasteiger partial charge in [-0.15, -0.1) is 0 Å². The zero-order valence-corrected chi connectivity index (χ0v) is 10.8. The van der Waals surface area contributed by atoms with Gasteiger partial charge in [0.15, 0.2) is 0 Å². The summed E-state index contributed by atoms with van der Waals surface area (Å²) < 4.78 is 5.00. The number of unbranched alkanes of at least 4 members (excludes halogenated alkanes) is 2. The van der Waals surface area contributed by atoms with Crippen molar-refractivity contribution in [1.29, 1.82) is 0 Å². The molecular formula is C13H26O2. The molecule has 0 bridgehead atoms. The number of hydrogen-bond donors (Lipinski definition) is 0. The van der Waals surface area contributed by atoms with E-state index in [0.29, 0.717) is 18.4 Å². The first-order valence-corrected chi connectivity index (χ1v) is 6.11. The van der Waals surface area contributed by atoms with Crippen molar-refractivity contribution in [2.24, 2.45) is 5.41 Å². The highest BCUT2D eigenvalue weighted by molar-refractivity contribution is 5.69. The third-order valence-corrected chi connectivity index (χ3v) is 2.27. The molecule has 90 valence electrons. The van der Waals surface area contributed by atoms with Crippen molar-refractivity contribution >= 4 is 5.97 Å². The largest absolute Gasteiger partial charge is 0.466 e. The molecule has 0 aromatic heterocycles. The molecule has 0 N–H and O–H groups in total. The number of esters is 1. The van der Waals surface area contributed by atoms with Gasteiger partial charge in [0.1, 0.15) is 0 Å². The van der Waals surface area contributed by atoms with Crippen molar-refractivity contribution in [2.45, 2.75) is 66.2 Å². The minimum atomic E-state index is -0.0346. The molecule has 0 aliphatic carbocycles. The Labute approximate surface area is 94.4 Å². The first-order valence-electron chi connectivity index (χ1n) is 6.11. The lowest BCUT2D eigenvalue weighted by atomic mass is 9.89. The van der Waals surface area contributed by atoms with E-state index < -0.39 is 0 Å². The summed E-state index contributed by atoms with van der Waals surface area (Å²) in [6, 6.07) is 0. The van der Waals surface area contributed by atoms with Gasteiger partial charge in [-0.3, -0.25) is 4.79 Å². The quantitative estimate of drug-likeness (QED) is 0.474. The number of carbonyl (C=O) groups excluding carboxylic acids is 1. The Hall–Kier alpha value is -0.530. The maximum absolute atomic E-state index is 11.1. The minimum absolute atomic E-state index is 0.0346. The van der Waals surface area contributed by atoms with Crippen LogP contribution in [0.3, 0.4) is 0 Å². The molecule has 0 saturated heterocycles. The summed E-state index contributed by atoms with van der Waals surface area (Å²) in [5.74, 6) is -0.0346. The topological polar surface area (TPSA) is 26.3 Å². The molecule has 0 atom stereocenters. The molecule has 0 unspecified atom stereocenters. The van der Waals surface area contributed by atoms with Gasteiger partial charge >= 0.3 is 5.97 Å². The predicted octanol–water partition coefficient (Wildman–Crippen LogP) is 3.94. The molecule has 0 aliphatic rings. The molecule has 0 radical (unpaired) electrons. The Morgan fingerprint density at radius 1 is 1.13 bits per heavy atom. The van der Waals surface area contributed by atoms with Crippen LogP contribution in [-0.4, -0.2) is 12.6 Å². The molecule has 0 rings (SSSR count). The van der Waals surface area contributed by atoms with E-state index in [-0.39, 0.29) is 5.97 Å². The number of ether oxygens (including phenoxy) is 1. The first kappa shape index (κ1) is 14.5. The minimum Gasteiger partial charge on any atom is -0.466 e. The summed E-state index contributed by atoms with van der Waals surface area (Å²) in [7, 11) is 0. The van der Waals surface area contributed by atoms with Crippen LogP contribution in [0, 0.1) is 5.41 Å². The van der Waals surface area contributed by atoms with E-state index in [2.05, 4.69) is 20.8 Å². The summed E-state index contributed by atoms with van der Waals surface area (Å²) in [6.45, 7) is 9.34. The van der Waals surface area contributed by atoms with Gasteiger partial charge in [0.2, 0.25) is 0 Å². The van der Waals surface area contributed by atoms with Crippen LogP contribution in [0.15, 0.2) is 0 Å². The van der Waals surface area contributed by atoms with Crippen LogP contribution in [0.5, 0.6) is 0 Å². The Bertz CT molecular complexity index is 168. The molecule has 0 amide bonds. The molecule has 0 aromatic carbocycles. The van der Waals surface area contributed by atoms with E-state index in [1.807, 2.05) is 6.92 Å². The SMILES string of the molecule is CCCOC(=O)CCCCCC(C)(C)C. The molecular weight excluding hydrogens is 188 g/mol. The van der Waals surface area contributed by atoms with Gasteiger partial charge in [0.25, 0.3) is 0 Å². The fraction of sp³-hybridized carbons (Fsp3) is 0.923. The van der Waals surface area contributed by atoms with Crippen LogP contribution in [0.1, 0.15) is 66.2 Å². The normalized spacial score (nSPS) is 11.5. The summed E-state index contributed by atoms with van der Waals surface area (Å²) in [5.41, 5.74) is 0.419. The summed E-state index contributed by atoms with van der Waals surface area (Å²) in [5, 5.41) is 0. The Kier molecular flexibility index (Phi) is 7.45. The molecule has 0 aliphatic heterocycles. The number of hydrogen-bond acceptors (Lipinski definition) is 2. The van der Waals surface area contributed by atoms with E-state index in [1.54, 1.807) is 0 Å². The Morgan fingerprint density at radius 3 is 2.33 bits per heavy atom. The van der Waals surface area contributed by atoms with Crippen LogP contribution in [0.25, 0.3) is 0 Å². The first-order chi connectivity index (χ1) is 6.95. The maximum Gasteiger partial charge on any atom is 0.305 e. The van der Waals surface area contributed by atoms with Crippen molar-refractivity contribution < 1.29 is 9.53 Å². The zero-order valence-electron chi connectivity index (χ0n) is 10.8. The van der Waals surface area contributed by atoms with E-state index >= 15 is 0 Å². The molecule has 0 fully saturated rings. The van der Waals surface area contributed by atoms with Crippen LogP contribution in [0.2, 0.25) is 0 Å². The van der Waals surface area contributed by atoms with E-state index in [0.717, 1.165) is 19.3 Å².